The summed E-state index contributed by atoms with van der Waals surface area (Å²) in [6.07, 6.45) is 1.98. The van der Waals surface area contributed by atoms with Crippen LogP contribution in [-0.2, 0) is 17.8 Å². The number of benzene rings is 2. The summed E-state index contributed by atoms with van der Waals surface area (Å²) in [6, 6.07) is 14.1. The smallest absolute Gasteiger partial charge is 0.308 e. The van der Waals surface area contributed by atoms with Gasteiger partial charge in [0.25, 0.3) is 11.3 Å². The Kier molecular flexibility index (Phi) is 5.30. The molecule has 7 heteroatoms. The molecule has 2 aromatic carbocycles. The van der Waals surface area contributed by atoms with E-state index >= 15 is 0 Å². The first kappa shape index (κ1) is 18.3. The quantitative estimate of drug-likeness (QED) is 0.698. The van der Waals surface area contributed by atoms with Crippen molar-refractivity contribution in [3.05, 3.63) is 70.1 Å². The van der Waals surface area contributed by atoms with Crippen LogP contribution in [0.4, 0.5) is 0 Å². The van der Waals surface area contributed by atoms with E-state index in [-0.39, 0.29) is 11.4 Å². The predicted octanol–water partition coefficient (Wildman–Crippen LogP) is 1.92. The normalized spacial score (nSPS) is 10.6. The lowest BCUT2D eigenvalue weighted by Crippen LogP contribution is -2.30. The Balaban J connectivity index is 1.95. The van der Waals surface area contributed by atoms with Crippen molar-refractivity contribution >= 4 is 22.6 Å². The monoisotopic (exact) mass is 365 g/mol. The minimum atomic E-state index is -0.717. The summed E-state index contributed by atoms with van der Waals surface area (Å²) < 4.78 is 6.40. The van der Waals surface area contributed by atoms with Gasteiger partial charge in [-0.2, -0.15) is 5.10 Å². The molecular weight excluding hydrogens is 346 g/mol. The molecule has 1 amide bonds. The summed E-state index contributed by atoms with van der Waals surface area (Å²) in [7, 11) is 1.41. The molecule has 138 valence electrons. The minimum absolute atomic E-state index is 0.214. The van der Waals surface area contributed by atoms with E-state index in [1.54, 1.807) is 0 Å². The third-order valence-electron chi connectivity index (χ3n) is 4.12. The van der Waals surface area contributed by atoms with Gasteiger partial charge in [0, 0.05) is 20.5 Å². The van der Waals surface area contributed by atoms with Gasteiger partial charge in [-0.05, 0) is 22.8 Å². The van der Waals surface area contributed by atoms with Crippen LogP contribution in [0, 0.1) is 0 Å². The van der Waals surface area contributed by atoms with Crippen LogP contribution >= 0.6 is 0 Å². The number of aromatic nitrogens is 2. The first-order chi connectivity index (χ1) is 13.0. The maximum absolute atomic E-state index is 12.3. The summed E-state index contributed by atoms with van der Waals surface area (Å²) in [5, 5.41) is 8.75. The molecule has 1 heterocycles. The van der Waals surface area contributed by atoms with Crippen LogP contribution in [0.15, 0.2) is 53.5 Å². The lowest BCUT2D eigenvalue weighted by Gasteiger charge is -2.11. The van der Waals surface area contributed by atoms with E-state index in [1.165, 1.54) is 24.9 Å². The predicted molar refractivity (Wildman–Crippen MR) is 101 cm³/mol. The Morgan fingerprint density at radius 3 is 2.63 bits per heavy atom. The molecule has 1 aromatic heterocycles. The molecule has 0 aliphatic carbocycles. The van der Waals surface area contributed by atoms with Gasteiger partial charge >= 0.3 is 5.97 Å². The topological polar surface area (TPSA) is 90.3 Å². The van der Waals surface area contributed by atoms with Gasteiger partial charge in [0.15, 0.2) is 11.4 Å². The van der Waals surface area contributed by atoms with Crippen molar-refractivity contribution in [3.8, 4) is 5.75 Å². The van der Waals surface area contributed by atoms with Crippen LogP contribution in [0.25, 0.3) is 10.8 Å². The zero-order chi connectivity index (χ0) is 19.4. The number of amides is 1. The van der Waals surface area contributed by atoms with Gasteiger partial charge in [0.2, 0.25) is 0 Å². The van der Waals surface area contributed by atoms with E-state index in [9.17, 15) is 14.4 Å². The van der Waals surface area contributed by atoms with Crippen LogP contribution < -0.4 is 15.5 Å². The lowest BCUT2D eigenvalue weighted by molar-refractivity contribution is -0.132. The highest BCUT2D eigenvalue weighted by Crippen LogP contribution is 2.19. The summed E-state index contributed by atoms with van der Waals surface area (Å²) >= 11 is 0. The van der Waals surface area contributed by atoms with Crippen molar-refractivity contribution in [1.82, 2.24) is 15.1 Å². The van der Waals surface area contributed by atoms with Gasteiger partial charge in [0.05, 0.1) is 6.20 Å². The number of carbonyl (C=O) groups excluding carboxylic acids is 2. The molecule has 0 atom stereocenters. The molecular formula is C20H19N3O4. The number of hydrogen-bond acceptors (Lipinski definition) is 5. The highest BCUT2D eigenvalue weighted by Gasteiger charge is 2.18. The van der Waals surface area contributed by atoms with Crippen molar-refractivity contribution in [2.45, 2.75) is 19.9 Å². The maximum atomic E-state index is 12.3. The maximum Gasteiger partial charge on any atom is 0.308 e. The summed E-state index contributed by atoms with van der Waals surface area (Å²) in [4.78, 5) is 35.5. The number of fused-ring (bicyclic) bond motifs is 1. The Morgan fingerprint density at radius 2 is 1.89 bits per heavy atom. The molecule has 0 unspecified atom stereocenters. The standard InChI is InChI=1S/C20H19N3O4/c1-13(24)27-17-12-23(22-18(19(17)25)20(26)21-2)11-10-15-8-5-7-14-6-3-4-9-16(14)15/h3-9,12H,10-11H2,1-2H3,(H,21,26). The molecule has 7 nitrogen and oxygen atoms in total. The molecule has 27 heavy (non-hydrogen) atoms. The second-order valence-electron chi connectivity index (χ2n) is 6.00. The molecule has 3 aromatic rings. The van der Waals surface area contributed by atoms with Crippen LogP contribution in [-0.4, -0.2) is 28.7 Å². The van der Waals surface area contributed by atoms with E-state index in [0.29, 0.717) is 13.0 Å². The first-order valence-electron chi connectivity index (χ1n) is 8.48. The van der Waals surface area contributed by atoms with E-state index in [2.05, 4.69) is 10.4 Å². The fraction of sp³-hybridized carbons (Fsp3) is 0.200. The molecule has 0 spiro atoms. The van der Waals surface area contributed by atoms with E-state index in [0.717, 1.165) is 16.3 Å². The summed E-state index contributed by atoms with van der Waals surface area (Å²) in [5.74, 6) is -1.48. The average molecular weight is 365 g/mol. The van der Waals surface area contributed by atoms with E-state index < -0.39 is 17.3 Å². The molecule has 0 radical (unpaired) electrons. The number of rotatable bonds is 5. The largest absolute Gasteiger partial charge is 0.421 e. The third-order valence-corrected chi connectivity index (χ3v) is 4.12. The first-order valence-corrected chi connectivity index (χ1v) is 8.48. The van der Waals surface area contributed by atoms with Gasteiger partial charge in [-0.1, -0.05) is 42.5 Å². The number of ether oxygens (including phenoxy) is 1. The van der Waals surface area contributed by atoms with Crippen molar-refractivity contribution in [1.29, 1.82) is 0 Å². The molecule has 1 N–H and O–H groups in total. The van der Waals surface area contributed by atoms with Gasteiger partial charge in [-0.25, -0.2) is 0 Å². The second kappa shape index (κ2) is 7.82. The number of aryl methyl sites for hydroxylation is 2. The fourth-order valence-corrected chi connectivity index (χ4v) is 2.87. The number of nitrogens with one attached hydrogen (secondary N) is 1. The van der Waals surface area contributed by atoms with Crippen molar-refractivity contribution in [2.75, 3.05) is 7.05 Å². The number of hydrogen-bond donors (Lipinski definition) is 1. The highest BCUT2D eigenvalue weighted by atomic mass is 16.5. The van der Waals surface area contributed by atoms with E-state index in [1.807, 2.05) is 42.5 Å². The molecule has 0 bridgehead atoms. The summed E-state index contributed by atoms with van der Waals surface area (Å²) in [6.45, 7) is 1.60. The van der Waals surface area contributed by atoms with Gasteiger partial charge < -0.3 is 10.1 Å². The van der Waals surface area contributed by atoms with Crippen LogP contribution in [0.2, 0.25) is 0 Å². The molecule has 0 saturated carbocycles. The Morgan fingerprint density at radius 1 is 1.15 bits per heavy atom. The van der Waals surface area contributed by atoms with E-state index in [4.69, 9.17) is 4.74 Å². The van der Waals surface area contributed by atoms with Crippen LogP contribution in [0.5, 0.6) is 5.75 Å². The fourth-order valence-electron chi connectivity index (χ4n) is 2.87. The third kappa shape index (κ3) is 4.03. The highest BCUT2D eigenvalue weighted by molar-refractivity contribution is 5.92. The minimum Gasteiger partial charge on any atom is -0.421 e. The molecule has 0 aliphatic rings. The lowest BCUT2D eigenvalue weighted by atomic mass is 10.0. The Hall–Kier alpha value is -3.48. The average Bonchev–Trinajstić information content (AvgIpc) is 2.67. The second-order valence-corrected chi connectivity index (χ2v) is 6.00. The molecule has 3 rings (SSSR count). The van der Waals surface area contributed by atoms with Crippen molar-refractivity contribution < 1.29 is 14.3 Å². The Labute approximate surface area is 155 Å². The van der Waals surface area contributed by atoms with Gasteiger partial charge in [0.1, 0.15) is 0 Å². The SMILES string of the molecule is CNC(=O)c1nn(CCc2cccc3ccccc23)cc(OC(C)=O)c1=O. The molecule has 0 aliphatic heterocycles. The zero-order valence-corrected chi connectivity index (χ0v) is 15.1. The van der Waals surface area contributed by atoms with Crippen LogP contribution in [0.1, 0.15) is 23.0 Å². The van der Waals surface area contributed by atoms with Crippen molar-refractivity contribution in [3.63, 3.8) is 0 Å². The summed E-state index contributed by atoms with van der Waals surface area (Å²) in [5.41, 5.74) is 0.0873. The van der Waals surface area contributed by atoms with Crippen molar-refractivity contribution in [2.24, 2.45) is 0 Å². The van der Waals surface area contributed by atoms with Crippen LogP contribution in [0.3, 0.4) is 0 Å². The number of esters is 1. The Bertz CT molecular complexity index is 1070. The number of nitrogens with zero attached hydrogens (tertiary/aromatic N) is 2. The molecule has 0 saturated heterocycles. The van der Waals surface area contributed by atoms with Gasteiger partial charge in [-0.15, -0.1) is 0 Å². The molecule has 0 fully saturated rings. The van der Waals surface area contributed by atoms with Gasteiger partial charge in [-0.3, -0.25) is 19.1 Å². The zero-order valence-electron chi connectivity index (χ0n) is 15.1. The number of carbonyl (C=O) groups is 2.